The number of likely N-dealkylation sites (tertiary alicyclic amines) is 1. The van der Waals surface area contributed by atoms with Gasteiger partial charge in [-0.05, 0) is 25.0 Å². The molecule has 4 heterocycles. The van der Waals surface area contributed by atoms with Crippen LogP contribution in [0.4, 0.5) is 5.69 Å². The second-order valence-electron chi connectivity index (χ2n) is 11.3. The van der Waals surface area contributed by atoms with Crippen molar-refractivity contribution in [2.24, 2.45) is 11.8 Å². The summed E-state index contributed by atoms with van der Waals surface area (Å²) in [5.41, 5.74) is -0.566. The molecule has 5 unspecified atom stereocenters. The lowest BCUT2D eigenvalue weighted by Crippen LogP contribution is -2.57. The quantitative estimate of drug-likeness (QED) is 0.484. The van der Waals surface area contributed by atoms with Gasteiger partial charge in [-0.25, -0.2) is 0 Å². The van der Waals surface area contributed by atoms with Crippen LogP contribution in [0.1, 0.15) is 32.1 Å². The third-order valence-electron chi connectivity index (χ3n) is 8.97. The molecule has 4 fully saturated rings. The van der Waals surface area contributed by atoms with Gasteiger partial charge >= 0.3 is 0 Å². The Labute approximate surface area is 229 Å². The summed E-state index contributed by atoms with van der Waals surface area (Å²) in [6.07, 6.45) is 8.42. The van der Waals surface area contributed by atoms with Gasteiger partial charge in [0.25, 0.3) is 0 Å². The highest BCUT2D eigenvalue weighted by Gasteiger charge is 2.72. The number of carbonyl (C=O) groups is 3. The zero-order chi connectivity index (χ0) is 27.0. The molecular formula is C29H38N4O6. The number of benzene rings is 1. The van der Waals surface area contributed by atoms with E-state index in [4.69, 9.17) is 14.2 Å². The van der Waals surface area contributed by atoms with Crippen molar-refractivity contribution in [1.82, 2.24) is 15.1 Å². The molecule has 0 aromatic heterocycles. The summed E-state index contributed by atoms with van der Waals surface area (Å²) in [6.45, 7) is 3.93. The van der Waals surface area contributed by atoms with Gasteiger partial charge in [-0.1, -0.05) is 37.5 Å². The van der Waals surface area contributed by atoms with E-state index in [0.717, 1.165) is 38.8 Å². The van der Waals surface area contributed by atoms with Crippen molar-refractivity contribution in [1.29, 1.82) is 0 Å². The molecule has 6 rings (SSSR count). The van der Waals surface area contributed by atoms with Crippen molar-refractivity contribution in [2.45, 2.75) is 55.9 Å². The number of carbonyl (C=O) groups excluding carboxylic acids is 3. The summed E-state index contributed by atoms with van der Waals surface area (Å²) in [6, 6.07) is 6.42. The molecule has 210 valence electrons. The minimum absolute atomic E-state index is 0.104. The maximum atomic E-state index is 14.1. The van der Waals surface area contributed by atoms with E-state index in [9.17, 15) is 14.4 Å². The normalized spacial score (nSPS) is 32.3. The van der Waals surface area contributed by atoms with Gasteiger partial charge in [0.15, 0.2) is 0 Å². The molecular weight excluding hydrogens is 500 g/mol. The Kier molecular flexibility index (Phi) is 7.35. The van der Waals surface area contributed by atoms with E-state index >= 15 is 0 Å². The number of nitrogens with one attached hydrogen (secondary N) is 2. The number of ether oxygens (including phenoxy) is 3. The van der Waals surface area contributed by atoms with Crippen LogP contribution in [0.5, 0.6) is 5.75 Å². The molecule has 39 heavy (non-hydrogen) atoms. The third-order valence-corrected chi connectivity index (χ3v) is 8.97. The fourth-order valence-electron chi connectivity index (χ4n) is 7.04. The molecule has 10 nitrogen and oxygen atoms in total. The first-order chi connectivity index (χ1) is 19.0. The van der Waals surface area contributed by atoms with Crippen molar-refractivity contribution in [3.63, 3.8) is 0 Å². The summed E-state index contributed by atoms with van der Waals surface area (Å²) in [4.78, 5) is 45.6. The third kappa shape index (κ3) is 4.83. The molecule has 2 N–H and O–H groups in total. The van der Waals surface area contributed by atoms with Gasteiger partial charge < -0.3 is 29.7 Å². The molecule has 5 aliphatic rings. The molecule has 10 heteroatoms. The van der Waals surface area contributed by atoms with Crippen LogP contribution in [0.15, 0.2) is 36.4 Å². The predicted molar refractivity (Wildman–Crippen MR) is 143 cm³/mol. The van der Waals surface area contributed by atoms with Gasteiger partial charge in [0, 0.05) is 44.0 Å². The summed E-state index contributed by atoms with van der Waals surface area (Å²) in [7, 11) is 1.57. The van der Waals surface area contributed by atoms with Gasteiger partial charge in [-0.3, -0.25) is 19.3 Å². The van der Waals surface area contributed by atoms with Crippen LogP contribution >= 0.6 is 0 Å². The standard InChI is InChI=1S/C29H38N4O6/c1-37-21-9-5-8-20(18-21)31-26(34)23-22-10-11-29(39-22)24(23)28(36)33(13-12-32-14-16-38-17-15-32)25(29)27(35)30-19-6-3-2-4-7-19/h5,8-11,18-19,22-25H,2-4,6-7,12-17H2,1H3,(H,30,35)(H,31,34). The van der Waals surface area contributed by atoms with Crippen molar-refractivity contribution in [3.8, 4) is 5.75 Å². The summed E-state index contributed by atoms with van der Waals surface area (Å²) in [5.74, 6) is -1.53. The molecule has 1 spiro atoms. The van der Waals surface area contributed by atoms with E-state index in [-0.39, 0.29) is 23.8 Å². The molecule has 1 saturated carbocycles. The highest BCUT2D eigenvalue weighted by atomic mass is 16.5. The Bertz CT molecular complexity index is 1130. The van der Waals surface area contributed by atoms with E-state index in [2.05, 4.69) is 15.5 Å². The monoisotopic (exact) mass is 538 g/mol. The lowest BCUT2D eigenvalue weighted by molar-refractivity contribution is -0.141. The lowest BCUT2D eigenvalue weighted by atomic mass is 9.74. The Balaban J connectivity index is 1.26. The topological polar surface area (TPSA) is 109 Å². The van der Waals surface area contributed by atoms with Gasteiger partial charge in [0.05, 0.1) is 38.3 Å². The molecule has 3 amide bonds. The number of hydrogen-bond donors (Lipinski definition) is 2. The molecule has 1 aromatic carbocycles. The number of hydrogen-bond acceptors (Lipinski definition) is 7. The molecule has 2 bridgehead atoms. The fraction of sp³-hybridized carbons (Fsp3) is 0.621. The average Bonchev–Trinajstić information content (AvgIpc) is 3.60. The number of nitrogens with zero attached hydrogens (tertiary/aromatic N) is 2. The van der Waals surface area contributed by atoms with Crippen LogP contribution < -0.4 is 15.4 Å². The van der Waals surface area contributed by atoms with Crippen molar-refractivity contribution in [3.05, 3.63) is 36.4 Å². The molecule has 4 aliphatic heterocycles. The Morgan fingerprint density at radius 3 is 2.67 bits per heavy atom. The zero-order valence-corrected chi connectivity index (χ0v) is 22.5. The number of methoxy groups -OCH3 is 1. The van der Waals surface area contributed by atoms with Gasteiger partial charge in [0.1, 0.15) is 17.4 Å². The van der Waals surface area contributed by atoms with E-state index in [1.54, 1.807) is 36.3 Å². The van der Waals surface area contributed by atoms with E-state index < -0.39 is 29.6 Å². The SMILES string of the molecule is COc1cccc(NC(=O)C2C3C=CC4(O3)C2C(=O)N(CCN2CCOCC2)C4C(=O)NC2CCCCC2)c1. The van der Waals surface area contributed by atoms with Gasteiger partial charge in [0.2, 0.25) is 17.7 Å². The number of rotatable bonds is 8. The maximum Gasteiger partial charge on any atom is 0.246 e. The molecule has 5 atom stereocenters. The van der Waals surface area contributed by atoms with Gasteiger partial charge in [-0.15, -0.1) is 0 Å². The van der Waals surface area contributed by atoms with Crippen LogP contribution in [0.3, 0.4) is 0 Å². The summed E-state index contributed by atoms with van der Waals surface area (Å²) < 4.78 is 17.2. The number of anilines is 1. The van der Waals surface area contributed by atoms with Crippen LogP contribution in [0.25, 0.3) is 0 Å². The maximum absolute atomic E-state index is 14.1. The number of amides is 3. The Morgan fingerprint density at radius 1 is 1.10 bits per heavy atom. The number of morpholine rings is 1. The van der Waals surface area contributed by atoms with Crippen molar-refractivity contribution in [2.75, 3.05) is 51.8 Å². The second-order valence-corrected chi connectivity index (χ2v) is 11.3. The van der Waals surface area contributed by atoms with E-state index in [1.165, 1.54) is 6.42 Å². The second kappa shape index (κ2) is 10.9. The molecule has 1 aliphatic carbocycles. The lowest BCUT2D eigenvalue weighted by Gasteiger charge is -2.35. The van der Waals surface area contributed by atoms with Crippen LogP contribution in [-0.2, 0) is 23.9 Å². The first kappa shape index (κ1) is 26.3. The first-order valence-electron chi connectivity index (χ1n) is 14.2. The Hall–Kier alpha value is -2.95. The fourth-order valence-corrected chi connectivity index (χ4v) is 7.04. The van der Waals surface area contributed by atoms with Gasteiger partial charge in [-0.2, -0.15) is 0 Å². The minimum Gasteiger partial charge on any atom is -0.497 e. The van der Waals surface area contributed by atoms with Crippen LogP contribution in [0.2, 0.25) is 0 Å². The average molecular weight is 539 g/mol. The van der Waals surface area contributed by atoms with Crippen LogP contribution in [0, 0.1) is 11.8 Å². The summed E-state index contributed by atoms with van der Waals surface area (Å²) >= 11 is 0. The first-order valence-corrected chi connectivity index (χ1v) is 14.2. The van der Waals surface area contributed by atoms with Crippen molar-refractivity contribution < 1.29 is 28.6 Å². The highest BCUT2D eigenvalue weighted by Crippen LogP contribution is 2.55. The van der Waals surface area contributed by atoms with E-state index in [1.807, 2.05) is 12.2 Å². The molecule has 1 aromatic rings. The van der Waals surface area contributed by atoms with Crippen LogP contribution in [-0.4, -0.2) is 97.8 Å². The zero-order valence-electron chi connectivity index (χ0n) is 22.5. The molecule has 3 saturated heterocycles. The number of fused-ring (bicyclic) bond motifs is 1. The Morgan fingerprint density at radius 2 is 1.90 bits per heavy atom. The predicted octanol–water partition coefficient (Wildman–Crippen LogP) is 1.57. The highest BCUT2D eigenvalue weighted by molar-refractivity contribution is 6.02. The molecule has 0 radical (unpaired) electrons. The van der Waals surface area contributed by atoms with E-state index in [0.29, 0.717) is 37.7 Å². The smallest absolute Gasteiger partial charge is 0.246 e. The van der Waals surface area contributed by atoms with Crippen molar-refractivity contribution >= 4 is 23.4 Å². The summed E-state index contributed by atoms with van der Waals surface area (Å²) in [5, 5.41) is 6.20. The largest absolute Gasteiger partial charge is 0.497 e. The minimum atomic E-state index is -1.15.